The Morgan fingerprint density at radius 2 is 2.06 bits per heavy atom. The summed E-state index contributed by atoms with van der Waals surface area (Å²) in [5.74, 6) is -0.580. The van der Waals surface area contributed by atoms with Crippen LogP contribution in [0.1, 0.15) is 40.1 Å². The van der Waals surface area contributed by atoms with Crippen molar-refractivity contribution in [3.63, 3.8) is 0 Å². The molecule has 2 amide bonds. The molecule has 1 unspecified atom stereocenters. The first-order chi connectivity index (χ1) is 17.1. The zero-order valence-corrected chi connectivity index (χ0v) is 20.5. The molecule has 0 radical (unpaired) electrons. The Labute approximate surface area is 207 Å². The Hall–Kier alpha value is -3.57. The maximum absolute atomic E-state index is 14.6. The third-order valence-electron chi connectivity index (χ3n) is 6.75. The molecule has 0 bridgehead atoms. The normalized spacial score (nSPS) is 17.0. The highest BCUT2D eigenvalue weighted by Crippen LogP contribution is 2.37. The van der Waals surface area contributed by atoms with Crippen molar-refractivity contribution in [1.29, 1.82) is 0 Å². The summed E-state index contributed by atoms with van der Waals surface area (Å²) >= 11 is 0. The molecule has 0 saturated carbocycles. The van der Waals surface area contributed by atoms with Crippen LogP contribution in [0.15, 0.2) is 36.8 Å². The zero-order chi connectivity index (χ0) is 25.6. The standard InChI is InChI=1S/C25H29FN6O4/c1-25(2,35)21(26)15-31-14-16-11-19(20(12-17(16)24(31)34)30-7-9-36-10-8-30)29(3)23(33)18-13-28-32-6-4-5-27-22(18)32/h4-6,11-13,21,35H,7-10,14-15H2,1-3H3. The average Bonchev–Trinajstić information content (AvgIpc) is 3.43. The van der Waals surface area contributed by atoms with E-state index in [1.165, 1.54) is 24.9 Å². The Balaban J connectivity index is 1.52. The van der Waals surface area contributed by atoms with Gasteiger partial charge in [-0.2, -0.15) is 5.10 Å². The molecule has 2 aliphatic rings. The molecular formula is C25H29FN6O4. The van der Waals surface area contributed by atoms with Crippen molar-refractivity contribution in [3.8, 4) is 0 Å². The summed E-state index contributed by atoms with van der Waals surface area (Å²) in [4.78, 5) is 36.1. The van der Waals surface area contributed by atoms with E-state index in [-0.39, 0.29) is 24.9 Å². The first-order valence-corrected chi connectivity index (χ1v) is 11.9. The van der Waals surface area contributed by atoms with Crippen LogP contribution < -0.4 is 9.80 Å². The number of fused-ring (bicyclic) bond motifs is 2. The van der Waals surface area contributed by atoms with Gasteiger partial charge in [-0.15, -0.1) is 0 Å². The van der Waals surface area contributed by atoms with Gasteiger partial charge in [0, 0.05) is 44.6 Å². The van der Waals surface area contributed by atoms with Crippen molar-refractivity contribution >= 4 is 28.8 Å². The number of nitrogens with zero attached hydrogens (tertiary/aromatic N) is 6. The molecule has 0 spiro atoms. The SMILES string of the molecule is CN(C(=O)c1cnn2cccnc12)c1cc2c(cc1N1CCOCC1)C(=O)N(CC(F)C(C)(C)O)C2. The molecule has 1 N–H and O–H groups in total. The van der Waals surface area contributed by atoms with Crippen LogP contribution in [0, 0.1) is 0 Å². The molecule has 1 aromatic carbocycles. The van der Waals surface area contributed by atoms with E-state index in [0.717, 1.165) is 5.69 Å². The van der Waals surface area contributed by atoms with E-state index in [1.54, 1.807) is 41.0 Å². The van der Waals surface area contributed by atoms with Crippen molar-refractivity contribution in [2.24, 2.45) is 0 Å². The molecule has 11 heteroatoms. The number of amides is 2. The van der Waals surface area contributed by atoms with Gasteiger partial charge in [-0.25, -0.2) is 13.9 Å². The summed E-state index contributed by atoms with van der Waals surface area (Å²) in [5, 5.41) is 14.2. The van der Waals surface area contributed by atoms with Crippen LogP contribution in [-0.2, 0) is 11.3 Å². The number of aliphatic hydroxyl groups is 1. The summed E-state index contributed by atoms with van der Waals surface area (Å²) in [6.07, 6.45) is 3.22. The molecule has 1 saturated heterocycles. The van der Waals surface area contributed by atoms with Crippen LogP contribution in [0.2, 0.25) is 0 Å². The predicted molar refractivity (Wildman–Crippen MR) is 131 cm³/mol. The number of aromatic nitrogens is 3. The van der Waals surface area contributed by atoms with Crippen molar-refractivity contribution in [2.75, 3.05) is 49.7 Å². The van der Waals surface area contributed by atoms with Crippen LogP contribution in [-0.4, -0.2) is 88.1 Å². The van der Waals surface area contributed by atoms with E-state index in [9.17, 15) is 19.1 Å². The van der Waals surface area contributed by atoms with Crippen LogP contribution >= 0.6 is 0 Å². The first-order valence-electron chi connectivity index (χ1n) is 11.9. The summed E-state index contributed by atoms with van der Waals surface area (Å²) in [6.45, 7) is 5.02. The number of hydrogen-bond acceptors (Lipinski definition) is 7. The molecular weight excluding hydrogens is 467 g/mol. The average molecular weight is 497 g/mol. The zero-order valence-electron chi connectivity index (χ0n) is 20.5. The topological polar surface area (TPSA) is 104 Å². The molecule has 2 aromatic heterocycles. The van der Waals surface area contributed by atoms with Crippen molar-refractivity contribution in [3.05, 3.63) is 53.5 Å². The lowest BCUT2D eigenvalue weighted by atomic mass is 10.0. The molecule has 10 nitrogen and oxygen atoms in total. The fourth-order valence-electron chi connectivity index (χ4n) is 4.56. The lowest BCUT2D eigenvalue weighted by Crippen LogP contribution is -2.42. The minimum atomic E-state index is -1.60. The smallest absolute Gasteiger partial charge is 0.263 e. The molecule has 36 heavy (non-hydrogen) atoms. The molecule has 1 atom stereocenters. The predicted octanol–water partition coefficient (Wildman–Crippen LogP) is 1.91. The second-order valence-corrected chi connectivity index (χ2v) is 9.71. The van der Waals surface area contributed by atoms with Crippen molar-refractivity contribution in [1.82, 2.24) is 19.5 Å². The second kappa shape index (κ2) is 9.14. The van der Waals surface area contributed by atoms with Gasteiger partial charge in [0.2, 0.25) is 0 Å². The minimum Gasteiger partial charge on any atom is -0.387 e. The van der Waals surface area contributed by atoms with Gasteiger partial charge >= 0.3 is 0 Å². The fraction of sp³-hybridized carbons (Fsp3) is 0.440. The Kier molecular flexibility index (Phi) is 6.13. The second-order valence-electron chi connectivity index (χ2n) is 9.71. The third kappa shape index (κ3) is 4.28. The number of carbonyl (C=O) groups excluding carboxylic acids is 2. The van der Waals surface area contributed by atoms with E-state index >= 15 is 0 Å². The number of alkyl halides is 1. The molecule has 3 aromatic rings. The maximum atomic E-state index is 14.6. The number of carbonyl (C=O) groups is 2. The first kappa shape index (κ1) is 24.1. The van der Waals surface area contributed by atoms with E-state index < -0.39 is 11.8 Å². The summed E-state index contributed by atoms with van der Waals surface area (Å²) in [6, 6.07) is 5.35. The van der Waals surface area contributed by atoms with Gasteiger partial charge in [-0.05, 0) is 37.6 Å². The van der Waals surface area contributed by atoms with Crippen molar-refractivity contribution < 1.29 is 23.8 Å². The highest BCUT2D eigenvalue weighted by atomic mass is 19.1. The van der Waals surface area contributed by atoms with E-state index in [1.807, 2.05) is 6.07 Å². The fourth-order valence-corrected chi connectivity index (χ4v) is 4.56. The quantitative estimate of drug-likeness (QED) is 0.556. The minimum absolute atomic E-state index is 0.196. The molecule has 1 fully saturated rings. The largest absolute Gasteiger partial charge is 0.387 e. The van der Waals surface area contributed by atoms with Crippen LogP contribution in [0.5, 0.6) is 0 Å². The van der Waals surface area contributed by atoms with Crippen LogP contribution in [0.25, 0.3) is 5.65 Å². The highest BCUT2D eigenvalue weighted by molar-refractivity contribution is 6.11. The number of ether oxygens (including phenoxy) is 1. The van der Waals surface area contributed by atoms with Gasteiger partial charge in [0.05, 0.1) is 42.9 Å². The summed E-state index contributed by atoms with van der Waals surface area (Å²) < 4.78 is 21.6. The molecule has 4 heterocycles. The van der Waals surface area contributed by atoms with Gasteiger partial charge in [0.15, 0.2) is 5.65 Å². The summed E-state index contributed by atoms with van der Waals surface area (Å²) in [5.41, 5.74) is 1.78. The van der Waals surface area contributed by atoms with Gasteiger partial charge in [0.25, 0.3) is 11.8 Å². The number of anilines is 2. The Morgan fingerprint density at radius 3 is 2.78 bits per heavy atom. The number of halogens is 1. The molecule has 5 rings (SSSR count). The number of benzene rings is 1. The van der Waals surface area contributed by atoms with Gasteiger partial charge in [-0.1, -0.05) is 0 Å². The number of hydrogen-bond donors (Lipinski definition) is 1. The van der Waals surface area contributed by atoms with Gasteiger partial charge < -0.3 is 24.5 Å². The molecule has 2 aliphatic heterocycles. The maximum Gasteiger partial charge on any atom is 0.263 e. The lowest BCUT2D eigenvalue weighted by Gasteiger charge is -2.33. The van der Waals surface area contributed by atoms with Crippen LogP contribution in [0.4, 0.5) is 15.8 Å². The monoisotopic (exact) mass is 496 g/mol. The molecule has 190 valence electrons. The van der Waals surface area contributed by atoms with Crippen molar-refractivity contribution in [2.45, 2.75) is 32.2 Å². The lowest BCUT2D eigenvalue weighted by molar-refractivity contribution is -0.0159. The number of morpholine rings is 1. The van der Waals surface area contributed by atoms with E-state index in [2.05, 4.69) is 15.0 Å². The third-order valence-corrected chi connectivity index (χ3v) is 6.75. The number of rotatable bonds is 6. The van der Waals surface area contributed by atoms with E-state index in [4.69, 9.17) is 4.74 Å². The van der Waals surface area contributed by atoms with Gasteiger partial charge in [0.1, 0.15) is 11.7 Å². The summed E-state index contributed by atoms with van der Waals surface area (Å²) in [7, 11) is 1.68. The van der Waals surface area contributed by atoms with Crippen LogP contribution in [0.3, 0.4) is 0 Å². The molecule has 0 aliphatic carbocycles. The Morgan fingerprint density at radius 1 is 1.31 bits per heavy atom. The van der Waals surface area contributed by atoms with Gasteiger partial charge in [-0.3, -0.25) is 9.59 Å². The highest BCUT2D eigenvalue weighted by Gasteiger charge is 2.36. The van der Waals surface area contributed by atoms with E-state index in [0.29, 0.717) is 54.3 Å². The Bertz CT molecular complexity index is 1310.